The van der Waals surface area contributed by atoms with Gasteiger partial charge in [-0.2, -0.15) is 0 Å². The highest BCUT2D eigenvalue weighted by molar-refractivity contribution is 7.92. The SMILES string of the molecule is COC(=O)CCCS(=O)(=O)Nc1ccc(OC)cc1OC. The summed E-state index contributed by atoms with van der Waals surface area (Å²) in [4.78, 5) is 11.0. The Kier molecular flexibility index (Phi) is 6.29. The Hall–Kier alpha value is -1.96. The zero-order valence-electron chi connectivity index (χ0n) is 12.2. The van der Waals surface area contributed by atoms with Crippen molar-refractivity contribution in [1.82, 2.24) is 0 Å². The summed E-state index contributed by atoms with van der Waals surface area (Å²) in [5.74, 6) is 0.288. The van der Waals surface area contributed by atoms with E-state index in [-0.39, 0.29) is 18.6 Å². The predicted molar refractivity (Wildman–Crippen MR) is 78.2 cm³/mol. The molecule has 0 bridgehead atoms. The molecule has 1 aromatic carbocycles. The van der Waals surface area contributed by atoms with Gasteiger partial charge in [0.05, 0.1) is 32.8 Å². The Morgan fingerprint density at radius 3 is 2.48 bits per heavy atom. The molecule has 8 heteroatoms. The Balaban J connectivity index is 2.72. The van der Waals surface area contributed by atoms with Gasteiger partial charge in [-0.25, -0.2) is 8.42 Å². The summed E-state index contributed by atoms with van der Waals surface area (Å²) in [5.41, 5.74) is 0.316. The van der Waals surface area contributed by atoms with Crippen LogP contribution in [0.15, 0.2) is 18.2 Å². The van der Waals surface area contributed by atoms with Crippen molar-refractivity contribution < 1.29 is 27.4 Å². The van der Waals surface area contributed by atoms with E-state index in [1.807, 2.05) is 0 Å². The third-order valence-electron chi connectivity index (χ3n) is 2.70. The molecule has 0 radical (unpaired) electrons. The first-order valence-electron chi connectivity index (χ1n) is 6.21. The molecule has 0 spiro atoms. The number of carbonyl (C=O) groups excluding carboxylic acids is 1. The van der Waals surface area contributed by atoms with Crippen molar-refractivity contribution >= 4 is 21.7 Å². The fourth-order valence-electron chi connectivity index (χ4n) is 1.61. The molecule has 0 saturated carbocycles. The number of rotatable bonds is 8. The molecule has 1 rings (SSSR count). The maximum Gasteiger partial charge on any atom is 0.305 e. The van der Waals surface area contributed by atoms with E-state index in [0.717, 1.165) is 0 Å². The number of esters is 1. The summed E-state index contributed by atoms with van der Waals surface area (Å²) in [5, 5.41) is 0. The van der Waals surface area contributed by atoms with E-state index >= 15 is 0 Å². The average molecular weight is 317 g/mol. The van der Waals surface area contributed by atoms with Gasteiger partial charge in [-0.3, -0.25) is 9.52 Å². The Morgan fingerprint density at radius 2 is 1.90 bits per heavy atom. The van der Waals surface area contributed by atoms with Crippen molar-refractivity contribution in [3.05, 3.63) is 18.2 Å². The van der Waals surface area contributed by atoms with Crippen LogP contribution in [-0.4, -0.2) is 41.5 Å². The lowest BCUT2D eigenvalue weighted by molar-refractivity contribution is -0.140. The highest BCUT2D eigenvalue weighted by Gasteiger charge is 2.15. The second-order valence-corrected chi connectivity index (χ2v) is 6.01. The minimum atomic E-state index is -3.57. The summed E-state index contributed by atoms with van der Waals surface area (Å²) in [6.45, 7) is 0. The minimum absolute atomic E-state index is 0.0527. The summed E-state index contributed by atoms with van der Waals surface area (Å²) in [6.07, 6.45) is 0.234. The molecule has 0 amide bonds. The quantitative estimate of drug-likeness (QED) is 0.729. The normalized spacial score (nSPS) is 10.8. The van der Waals surface area contributed by atoms with Crippen LogP contribution in [0.25, 0.3) is 0 Å². The van der Waals surface area contributed by atoms with Crippen molar-refractivity contribution in [1.29, 1.82) is 0 Å². The number of sulfonamides is 1. The zero-order valence-corrected chi connectivity index (χ0v) is 13.0. The van der Waals surface area contributed by atoms with Gasteiger partial charge in [0, 0.05) is 12.5 Å². The Morgan fingerprint density at radius 1 is 1.19 bits per heavy atom. The molecule has 0 aliphatic carbocycles. The van der Waals surface area contributed by atoms with Crippen LogP contribution in [-0.2, 0) is 19.6 Å². The Labute approximate surface area is 124 Å². The summed E-state index contributed by atoms with van der Waals surface area (Å²) < 4.78 is 40.9. The second-order valence-electron chi connectivity index (χ2n) is 4.17. The summed E-state index contributed by atoms with van der Waals surface area (Å²) in [6, 6.07) is 4.75. The topological polar surface area (TPSA) is 90.9 Å². The molecule has 0 aliphatic heterocycles. The first-order chi connectivity index (χ1) is 9.91. The van der Waals surface area contributed by atoms with Gasteiger partial charge >= 0.3 is 5.97 Å². The van der Waals surface area contributed by atoms with Gasteiger partial charge in [0.1, 0.15) is 11.5 Å². The lowest BCUT2D eigenvalue weighted by atomic mass is 10.3. The molecule has 1 aromatic rings. The smallest absolute Gasteiger partial charge is 0.305 e. The molecule has 21 heavy (non-hydrogen) atoms. The molecule has 0 fully saturated rings. The number of ether oxygens (including phenoxy) is 3. The number of benzene rings is 1. The number of nitrogens with one attached hydrogen (secondary N) is 1. The fourth-order valence-corrected chi connectivity index (χ4v) is 2.74. The Bertz CT molecular complexity index is 584. The van der Waals surface area contributed by atoms with E-state index in [1.165, 1.54) is 21.3 Å². The lowest BCUT2D eigenvalue weighted by Gasteiger charge is -2.12. The van der Waals surface area contributed by atoms with Crippen molar-refractivity contribution in [3.8, 4) is 11.5 Å². The van der Waals surface area contributed by atoms with Crippen molar-refractivity contribution in [3.63, 3.8) is 0 Å². The molecular formula is C13H19NO6S. The van der Waals surface area contributed by atoms with Gasteiger partial charge in [0.25, 0.3) is 0 Å². The van der Waals surface area contributed by atoms with Gasteiger partial charge in [-0.05, 0) is 18.6 Å². The number of hydrogen-bond acceptors (Lipinski definition) is 6. The van der Waals surface area contributed by atoms with Gasteiger partial charge in [0.2, 0.25) is 10.0 Å². The molecule has 0 aromatic heterocycles. The van der Waals surface area contributed by atoms with Crippen LogP contribution < -0.4 is 14.2 Å². The van der Waals surface area contributed by atoms with Crippen LogP contribution in [0.4, 0.5) is 5.69 Å². The highest BCUT2D eigenvalue weighted by atomic mass is 32.2. The largest absolute Gasteiger partial charge is 0.497 e. The van der Waals surface area contributed by atoms with Gasteiger partial charge < -0.3 is 14.2 Å². The first-order valence-corrected chi connectivity index (χ1v) is 7.86. The minimum Gasteiger partial charge on any atom is -0.497 e. The van der Waals surface area contributed by atoms with Crippen LogP contribution in [0.2, 0.25) is 0 Å². The van der Waals surface area contributed by atoms with Crippen LogP contribution in [0, 0.1) is 0 Å². The van der Waals surface area contributed by atoms with E-state index in [4.69, 9.17) is 9.47 Å². The van der Waals surface area contributed by atoms with Crippen molar-refractivity contribution in [2.45, 2.75) is 12.8 Å². The molecule has 0 aliphatic rings. The molecule has 0 unspecified atom stereocenters. The van der Waals surface area contributed by atoms with Crippen molar-refractivity contribution in [2.75, 3.05) is 31.8 Å². The van der Waals surface area contributed by atoms with E-state index < -0.39 is 16.0 Å². The number of hydrogen-bond donors (Lipinski definition) is 1. The maximum atomic E-state index is 11.9. The van der Waals surface area contributed by atoms with E-state index in [2.05, 4.69) is 9.46 Å². The third-order valence-corrected chi connectivity index (χ3v) is 4.05. The zero-order chi connectivity index (χ0) is 15.9. The van der Waals surface area contributed by atoms with Crippen LogP contribution in [0.1, 0.15) is 12.8 Å². The molecule has 0 heterocycles. The van der Waals surface area contributed by atoms with E-state index in [9.17, 15) is 13.2 Å². The van der Waals surface area contributed by atoms with Gasteiger partial charge in [-0.15, -0.1) is 0 Å². The lowest BCUT2D eigenvalue weighted by Crippen LogP contribution is -2.18. The van der Waals surface area contributed by atoms with Gasteiger partial charge in [0.15, 0.2) is 0 Å². The molecule has 0 saturated heterocycles. The standard InChI is InChI=1S/C13H19NO6S/c1-18-10-6-7-11(12(9-10)19-2)14-21(16,17)8-4-5-13(15)20-3/h6-7,9,14H,4-5,8H2,1-3H3. The molecule has 0 atom stereocenters. The number of methoxy groups -OCH3 is 3. The fraction of sp³-hybridized carbons (Fsp3) is 0.462. The monoisotopic (exact) mass is 317 g/mol. The summed E-state index contributed by atoms with van der Waals surface area (Å²) >= 11 is 0. The second kappa shape index (κ2) is 7.72. The first kappa shape index (κ1) is 17.1. The van der Waals surface area contributed by atoms with Crippen LogP contribution in [0.5, 0.6) is 11.5 Å². The average Bonchev–Trinajstić information content (AvgIpc) is 2.46. The maximum absolute atomic E-state index is 11.9. The van der Waals surface area contributed by atoms with E-state index in [0.29, 0.717) is 17.2 Å². The molecule has 7 nitrogen and oxygen atoms in total. The van der Waals surface area contributed by atoms with E-state index in [1.54, 1.807) is 18.2 Å². The van der Waals surface area contributed by atoms with Crippen LogP contribution >= 0.6 is 0 Å². The molecular weight excluding hydrogens is 298 g/mol. The number of anilines is 1. The third kappa shape index (κ3) is 5.50. The van der Waals surface area contributed by atoms with Gasteiger partial charge in [-0.1, -0.05) is 0 Å². The molecule has 1 N–H and O–H groups in total. The number of carbonyl (C=O) groups is 1. The highest BCUT2D eigenvalue weighted by Crippen LogP contribution is 2.29. The molecule has 118 valence electrons. The van der Waals surface area contributed by atoms with Crippen LogP contribution in [0.3, 0.4) is 0 Å². The summed E-state index contributed by atoms with van der Waals surface area (Å²) in [7, 11) is 0.632. The predicted octanol–water partition coefficient (Wildman–Crippen LogP) is 1.40. The van der Waals surface area contributed by atoms with Crippen molar-refractivity contribution in [2.24, 2.45) is 0 Å².